The predicted octanol–water partition coefficient (Wildman–Crippen LogP) is 6.56. The first-order valence-electron chi connectivity index (χ1n) is 9.36. The van der Waals surface area contributed by atoms with Crippen LogP contribution in [0.25, 0.3) is 10.2 Å². The van der Waals surface area contributed by atoms with Crippen molar-refractivity contribution in [3.05, 3.63) is 18.2 Å². The van der Waals surface area contributed by atoms with Gasteiger partial charge in [0.15, 0.2) is 4.34 Å². The molecule has 2 saturated carbocycles. The maximum Gasteiger partial charge on any atom is 0.166 e. The van der Waals surface area contributed by atoms with Crippen LogP contribution in [0.2, 0.25) is 0 Å². The molecule has 2 aliphatic rings. The molecule has 2 aliphatic carbocycles. The highest BCUT2D eigenvalue weighted by Crippen LogP contribution is 2.40. The average Bonchev–Trinajstić information content (AvgIpc) is 3.05. The smallest absolute Gasteiger partial charge is 0.166 e. The lowest BCUT2D eigenvalue weighted by atomic mass is 9.91. The molecule has 0 N–H and O–H groups in total. The number of rotatable bonds is 4. The molecule has 1 aromatic carbocycles. The van der Waals surface area contributed by atoms with E-state index in [-0.39, 0.29) is 0 Å². The minimum absolute atomic E-state index is 0.745. The van der Waals surface area contributed by atoms with Crippen molar-refractivity contribution < 1.29 is 0 Å². The number of hydrogen-bond donors (Lipinski definition) is 1. The maximum atomic E-state index is 4.91. The fraction of sp³-hybridized carbons (Fsp3) is 0.632. The third-order valence-electron chi connectivity index (χ3n) is 5.43. The Morgan fingerprint density at radius 2 is 1.58 bits per heavy atom. The summed E-state index contributed by atoms with van der Waals surface area (Å²) in [5, 5.41) is 0. The topological polar surface area (TPSA) is 16.1 Å². The minimum Gasteiger partial charge on any atom is -0.238 e. The average molecular weight is 379 g/mol. The molecule has 2 nitrogen and oxygen atoms in total. The van der Waals surface area contributed by atoms with Crippen LogP contribution in [0.3, 0.4) is 0 Å². The van der Waals surface area contributed by atoms with E-state index in [2.05, 4.69) is 29.1 Å². The highest BCUT2D eigenvalue weighted by atomic mass is 32.2. The Bertz CT molecular complexity index is 654. The molecule has 0 saturated heterocycles. The summed E-state index contributed by atoms with van der Waals surface area (Å²) in [5.74, 6) is 0. The molecule has 1 heterocycles. The van der Waals surface area contributed by atoms with E-state index in [1.807, 2.05) is 29.4 Å². The van der Waals surface area contributed by atoms with Gasteiger partial charge in [0.05, 0.1) is 10.2 Å². The zero-order valence-electron chi connectivity index (χ0n) is 14.1. The molecule has 24 heavy (non-hydrogen) atoms. The summed E-state index contributed by atoms with van der Waals surface area (Å²) in [5.41, 5.74) is 1.07. The summed E-state index contributed by atoms with van der Waals surface area (Å²) < 4.78 is 5.22. The number of thiazole rings is 1. The fourth-order valence-corrected chi connectivity index (χ4v) is 6.93. The summed E-state index contributed by atoms with van der Waals surface area (Å²) in [7, 11) is 0. The molecule has 0 bridgehead atoms. The molecule has 0 amide bonds. The quantitative estimate of drug-likeness (QED) is 0.479. The molecule has 0 aliphatic heterocycles. The molecule has 0 spiro atoms. The van der Waals surface area contributed by atoms with Crippen molar-refractivity contribution in [3.8, 4) is 0 Å². The number of nitrogens with zero attached hydrogens (tertiary/aromatic N) is 2. The molecule has 0 unspecified atom stereocenters. The second kappa shape index (κ2) is 7.98. The van der Waals surface area contributed by atoms with Gasteiger partial charge >= 0.3 is 0 Å². The second-order valence-corrected chi connectivity index (χ2v) is 9.90. The zero-order chi connectivity index (χ0) is 16.4. The fourth-order valence-electron chi connectivity index (χ4n) is 4.16. The van der Waals surface area contributed by atoms with Gasteiger partial charge < -0.3 is 0 Å². The van der Waals surface area contributed by atoms with Gasteiger partial charge in [-0.2, -0.15) is 0 Å². The van der Waals surface area contributed by atoms with Crippen LogP contribution in [-0.4, -0.2) is 21.4 Å². The van der Waals surface area contributed by atoms with Crippen LogP contribution in [0.4, 0.5) is 0 Å². The highest BCUT2D eigenvalue weighted by molar-refractivity contribution is 7.99. The van der Waals surface area contributed by atoms with E-state index < -0.39 is 0 Å². The third-order valence-corrected chi connectivity index (χ3v) is 8.14. The Hall–Kier alpha value is -0.230. The van der Waals surface area contributed by atoms with Crippen molar-refractivity contribution in [1.29, 1.82) is 0 Å². The van der Waals surface area contributed by atoms with Gasteiger partial charge in [-0.15, -0.1) is 24.0 Å². The van der Waals surface area contributed by atoms with E-state index in [4.69, 9.17) is 4.98 Å². The van der Waals surface area contributed by atoms with Crippen molar-refractivity contribution in [1.82, 2.24) is 9.29 Å². The Balaban J connectivity index is 1.58. The number of para-hydroxylation sites is 1. The molecule has 1 aromatic heterocycles. The minimum atomic E-state index is 0.745. The molecular formula is C19H26N2S3. The van der Waals surface area contributed by atoms with Crippen LogP contribution in [0.5, 0.6) is 0 Å². The summed E-state index contributed by atoms with van der Waals surface area (Å²) in [4.78, 5) is 5.90. The predicted molar refractivity (Wildman–Crippen MR) is 108 cm³/mol. The monoisotopic (exact) mass is 378 g/mol. The largest absolute Gasteiger partial charge is 0.238 e. The third kappa shape index (κ3) is 3.79. The van der Waals surface area contributed by atoms with Gasteiger partial charge in [0.25, 0.3) is 0 Å². The molecule has 5 heteroatoms. The number of aromatic nitrogens is 1. The van der Waals surface area contributed by atoms with Crippen LogP contribution >= 0.6 is 35.9 Å². The number of benzene rings is 1. The summed E-state index contributed by atoms with van der Waals surface area (Å²) >= 11 is 8.35. The number of hydrogen-bond acceptors (Lipinski definition) is 5. The molecule has 0 radical (unpaired) electrons. The van der Waals surface area contributed by atoms with Crippen molar-refractivity contribution in [2.45, 2.75) is 85.5 Å². The molecule has 4 rings (SSSR count). The van der Waals surface area contributed by atoms with Crippen molar-refractivity contribution in [3.63, 3.8) is 0 Å². The first-order chi connectivity index (χ1) is 11.8. The van der Waals surface area contributed by atoms with Crippen LogP contribution in [0.1, 0.15) is 64.2 Å². The first kappa shape index (κ1) is 17.2. The van der Waals surface area contributed by atoms with Gasteiger partial charge in [-0.1, -0.05) is 44.6 Å². The Morgan fingerprint density at radius 3 is 2.17 bits per heavy atom. The van der Waals surface area contributed by atoms with Crippen molar-refractivity contribution in [2.75, 3.05) is 0 Å². The molecule has 2 fully saturated rings. The van der Waals surface area contributed by atoms with Gasteiger partial charge in [0.2, 0.25) is 0 Å². The van der Waals surface area contributed by atoms with Crippen LogP contribution in [0, 0.1) is 0 Å². The second-order valence-electron chi connectivity index (χ2n) is 7.14. The van der Waals surface area contributed by atoms with Crippen LogP contribution in [0.15, 0.2) is 27.4 Å². The van der Waals surface area contributed by atoms with Crippen molar-refractivity contribution >= 4 is 46.1 Å². The van der Waals surface area contributed by atoms with E-state index >= 15 is 0 Å². The Kier molecular flexibility index (Phi) is 5.72. The zero-order valence-corrected chi connectivity index (χ0v) is 16.6. The van der Waals surface area contributed by atoms with Crippen LogP contribution in [-0.2, 0) is 0 Å². The first-order valence-corrected chi connectivity index (χ1v) is 11.4. The van der Waals surface area contributed by atoms with Crippen molar-refractivity contribution in [2.24, 2.45) is 0 Å². The lowest BCUT2D eigenvalue weighted by Gasteiger charge is -2.40. The highest BCUT2D eigenvalue weighted by Gasteiger charge is 2.30. The Labute approximate surface area is 159 Å². The van der Waals surface area contributed by atoms with E-state index in [1.165, 1.54) is 73.2 Å². The van der Waals surface area contributed by atoms with E-state index in [9.17, 15) is 0 Å². The van der Waals surface area contributed by atoms with Gasteiger partial charge in [-0.25, -0.2) is 9.29 Å². The standard InChI is InChI=1S/C19H26N2S3/c22-16-12-7-13-17-18(16)20-19(23-17)24-21(14-8-3-1-4-9-14)15-10-5-2-6-11-15/h7,12-15,22H,1-6,8-11H2. The molecular weight excluding hydrogens is 352 g/mol. The number of fused-ring (bicyclic) bond motifs is 1. The van der Waals surface area contributed by atoms with E-state index in [1.54, 1.807) is 0 Å². The van der Waals surface area contributed by atoms with Gasteiger partial charge in [-0.3, -0.25) is 0 Å². The van der Waals surface area contributed by atoms with E-state index in [0.29, 0.717) is 0 Å². The van der Waals surface area contributed by atoms with Gasteiger partial charge in [-0.05, 0) is 49.8 Å². The lowest BCUT2D eigenvalue weighted by Crippen LogP contribution is -2.40. The molecule has 0 atom stereocenters. The van der Waals surface area contributed by atoms with E-state index in [0.717, 1.165) is 22.5 Å². The lowest BCUT2D eigenvalue weighted by molar-refractivity contribution is 0.185. The maximum absolute atomic E-state index is 4.91. The summed E-state index contributed by atoms with van der Waals surface area (Å²) in [6, 6.07) is 7.78. The Morgan fingerprint density at radius 1 is 0.958 bits per heavy atom. The van der Waals surface area contributed by atoms with Gasteiger partial charge in [0, 0.05) is 17.0 Å². The molecule has 130 valence electrons. The van der Waals surface area contributed by atoms with Crippen LogP contribution < -0.4 is 0 Å². The van der Waals surface area contributed by atoms with Gasteiger partial charge in [0.1, 0.15) is 0 Å². The normalized spacial score (nSPS) is 20.9. The number of thiol groups is 1. The molecule has 2 aromatic rings. The SMILES string of the molecule is Sc1cccc2sc(SN(C3CCCCC3)C3CCCCC3)nc12. The summed E-state index contributed by atoms with van der Waals surface area (Å²) in [6.07, 6.45) is 13.9. The summed E-state index contributed by atoms with van der Waals surface area (Å²) in [6.45, 7) is 0.